The lowest BCUT2D eigenvalue weighted by Crippen LogP contribution is -2.40. The number of methoxy groups -OCH3 is 1. The van der Waals surface area contributed by atoms with Gasteiger partial charge < -0.3 is 10.1 Å². The quantitative estimate of drug-likeness (QED) is 0.703. The normalized spacial score (nSPS) is 15.4. The smallest absolute Gasteiger partial charge is 0.332 e. The van der Waals surface area contributed by atoms with Crippen LogP contribution in [0.5, 0.6) is 0 Å². The maximum atomic E-state index is 12.9. The van der Waals surface area contributed by atoms with Gasteiger partial charge in [-0.05, 0) is 31.4 Å². The minimum absolute atomic E-state index is 0.0524. The predicted octanol–water partition coefficient (Wildman–Crippen LogP) is 1.89. The number of ether oxygens (including phenoxy) is 1. The number of aromatic nitrogens is 3. The largest absolute Gasteiger partial charge is 0.383 e. The van der Waals surface area contributed by atoms with E-state index in [2.05, 4.69) is 15.3 Å². The van der Waals surface area contributed by atoms with Crippen LogP contribution in [0, 0.1) is 0 Å². The third-order valence-electron chi connectivity index (χ3n) is 5.09. The first-order chi connectivity index (χ1) is 13.6. The number of rotatable bonds is 8. The Morgan fingerprint density at radius 3 is 2.75 bits per heavy atom. The second-order valence-electron chi connectivity index (χ2n) is 7.23. The first-order valence-corrected chi connectivity index (χ1v) is 9.79. The van der Waals surface area contributed by atoms with Gasteiger partial charge in [0.15, 0.2) is 0 Å². The highest BCUT2D eigenvalue weighted by molar-refractivity contribution is 6.05. The zero-order valence-electron chi connectivity index (χ0n) is 16.3. The first kappa shape index (κ1) is 18.6. The number of nitrogens with zero attached hydrogens (tertiary/aromatic N) is 4. The van der Waals surface area contributed by atoms with Crippen molar-refractivity contribution < 1.29 is 4.74 Å². The third kappa shape index (κ3) is 3.40. The zero-order valence-corrected chi connectivity index (χ0v) is 16.3. The average Bonchev–Trinajstić information content (AvgIpc) is 3.43. The molecule has 8 nitrogen and oxygen atoms in total. The Morgan fingerprint density at radius 1 is 1.29 bits per heavy atom. The van der Waals surface area contributed by atoms with E-state index in [0.717, 1.165) is 36.4 Å². The van der Waals surface area contributed by atoms with Crippen LogP contribution in [0.3, 0.4) is 0 Å². The van der Waals surface area contributed by atoms with Crippen LogP contribution in [0.1, 0.15) is 43.4 Å². The van der Waals surface area contributed by atoms with Crippen LogP contribution < -0.4 is 16.6 Å². The predicted molar refractivity (Wildman–Crippen MR) is 108 cm³/mol. The van der Waals surface area contributed by atoms with Crippen LogP contribution in [0.25, 0.3) is 0 Å². The summed E-state index contributed by atoms with van der Waals surface area (Å²) >= 11 is 0. The first-order valence-electron chi connectivity index (χ1n) is 9.79. The summed E-state index contributed by atoms with van der Waals surface area (Å²) in [4.78, 5) is 34.9. The molecule has 2 aromatic heterocycles. The fourth-order valence-corrected chi connectivity index (χ4v) is 3.53. The van der Waals surface area contributed by atoms with E-state index in [1.807, 2.05) is 19.1 Å². The summed E-state index contributed by atoms with van der Waals surface area (Å²) in [5.74, 6) is 1.28. The van der Waals surface area contributed by atoms with E-state index in [9.17, 15) is 9.59 Å². The highest BCUT2D eigenvalue weighted by atomic mass is 16.5. The van der Waals surface area contributed by atoms with Crippen molar-refractivity contribution in [2.24, 2.45) is 4.99 Å². The summed E-state index contributed by atoms with van der Waals surface area (Å²) in [6.45, 7) is 3.86. The Morgan fingerprint density at radius 2 is 2.11 bits per heavy atom. The number of hydrogen-bond donors (Lipinski definition) is 1. The Labute approximate surface area is 162 Å². The highest BCUT2D eigenvalue weighted by Crippen LogP contribution is 2.34. The molecule has 0 amide bonds. The molecule has 148 valence electrons. The summed E-state index contributed by atoms with van der Waals surface area (Å²) in [5, 5.41) is 3.18. The summed E-state index contributed by atoms with van der Waals surface area (Å²) in [5.41, 5.74) is 1.85. The number of pyridine rings is 1. The second kappa shape index (κ2) is 7.71. The molecular weight excluding hydrogens is 358 g/mol. The van der Waals surface area contributed by atoms with E-state index in [-0.39, 0.29) is 17.3 Å². The van der Waals surface area contributed by atoms with Crippen molar-refractivity contribution in [2.45, 2.75) is 45.2 Å². The molecule has 8 heteroatoms. The molecule has 2 aliphatic rings. The van der Waals surface area contributed by atoms with Crippen molar-refractivity contribution in [1.29, 1.82) is 0 Å². The average molecular weight is 383 g/mol. The Balaban J connectivity index is 1.66. The molecule has 1 aliphatic heterocycles. The van der Waals surface area contributed by atoms with Gasteiger partial charge in [-0.2, -0.15) is 0 Å². The lowest BCUT2D eigenvalue weighted by molar-refractivity contribution is 0.210. The molecule has 0 unspecified atom stereocenters. The number of nitrogens with one attached hydrogen (secondary N) is 1. The maximum absolute atomic E-state index is 12.9. The van der Waals surface area contributed by atoms with Crippen LogP contribution in [-0.2, 0) is 17.7 Å². The topological polar surface area (TPSA) is 90.5 Å². The van der Waals surface area contributed by atoms with Gasteiger partial charge in [0.1, 0.15) is 11.6 Å². The number of aliphatic imine (C=N–C) groups is 1. The van der Waals surface area contributed by atoms with E-state index in [1.165, 1.54) is 4.57 Å². The minimum atomic E-state index is -0.228. The Bertz CT molecular complexity index is 1020. The lowest BCUT2D eigenvalue weighted by atomic mass is 10.1. The fraction of sp³-hybridized carbons (Fsp3) is 0.500. The summed E-state index contributed by atoms with van der Waals surface area (Å²) < 4.78 is 8.12. The number of hydrogen-bond acceptors (Lipinski definition) is 6. The van der Waals surface area contributed by atoms with Crippen molar-refractivity contribution in [3.63, 3.8) is 0 Å². The minimum Gasteiger partial charge on any atom is -0.383 e. The van der Waals surface area contributed by atoms with E-state index < -0.39 is 0 Å². The standard InChI is InChI=1S/C20H25N5O3/c1-3-9-24-18-15(19(26)25(20(24)27)14-5-6-14)11-16(23-18)13-4-7-17(22-12-13)21-8-10-28-2/h4,7,12,14H,3,5-6,8-11H2,1-2H3,(H,21,22). The summed E-state index contributed by atoms with van der Waals surface area (Å²) in [7, 11) is 1.66. The van der Waals surface area contributed by atoms with Gasteiger partial charge in [-0.1, -0.05) is 6.92 Å². The van der Waals surface area contributed by atoms with Crippen molar-refractivity contribution in [3.05, 3.63) is 50.3 Å². The molecule has 28 heavy (non-hydrogen) atoms. The van der Waals surface area contributed by atoms with Gasteiger partial charge in [-0.15, -0.1) is 0 Å². The summed E-state index contributed by atoms with van der Waals surface area (Å²) in [6.07, 6.45) is 4.79. The van der Waals surface area contributed by atoms with Crippen molar-refractivity contribution in [3.8, 4) is 0 Å². The molecule has 0 saturated heterocycles. The van der Waals surface area contributed by atoms with Gasteiger partial charge >= 0.3 is 5.69 Å². The third-order valence-corrected chi connectivity index (χ3v) is 5.09. The van der Waals surface area contributed by atoms with Crippen LogP contribution in [-0.4, -0.2) is 40.1 Å². The SMILES string of the molecule is CCCn1c2c(c(=O)n(C3CC3)c1=O)CC(c1ccc(NCCOC)nc1)=N2. The number of fused-ring (bicyclic) bond motifs is 1. The monoisotopic (exact) mass is 383 g/mol. The highest BCUT2D eigenvalue weighted by Gasteiger charge is 2.32. The van der Waals surface area contributed by atoms with Gasteiger partial charge in [-0.25, -0.2) is 14.8 Å². The van der Waals surface area contributed by atoms with E-state index in [4.69, 9.17) is 4.74 Å². The molecule has 0 radical (unpaired) electrons. The molecule has 1 fully saturated rings. The van der Waals surface area contributed by atoms with Gasteiger partial charge in [-0.3, -0.25) is 13.9 Å². The molecular formula is C20H25N5O3. The van der Waals surface area contributed by atoms with Gasteiger partial charge in [0.2, 0.25) is 0 Å². The Kier molecular flexibility index (Phi) is 5.13. The molecule has 1 saturated carbocycles. The lowest BCUT2D eigenvalue weighted by Gasteiger charge is -2.12. The molecule has 0 aromatic carbocycles. The van der Waals surface area contributed by atoms with E-state index >= 15 is 0 Å². The van der Waals surface area contributed by atoms with Crippen LogP contribution >= 0.6 is 0 Å². The molecule has 0 atom stereocenters. The molecule has 0 bridgehead atoms. The zero-order chi connectivity index (χ0) is 19.7. The Hall–Kier alpha value is -2.74. The molecule has 1 aliphatic carbocycles. The molecule has 2 aromatic rings. The molecule has 0 spiro atoms. The molecule has 3 heterocycles. The van der Waals surface area contributed by atoms with Gasteiger partial charge in [0.25, 0.3) is 5.56 Å². The van der Waals surface area contributed by atoms with Crippen molar-refractivity contribution in [1.82, 2.24) is 14.1 Å². The van der Waals surface area contributed by atoms with Gasteiger partial charge in [0, 0.05) is 44.4 Å². The molecule has 1 N–H and O–H groups in total. The van der Waals surface area contributed by atoms with Crippen LogP contribution in [0.2, 0.25) is 0 Å². The van der Waals surface area contributed by atoms with Crippen molar-refractivity contribution in [2.75, 3.05) is 25.6 Å². The maximum Gasteiger partial charge on any atom is 0.332 e. The fourth-order valence-electron chi connectivity index (χ4n) is 3.53. The van der Waals surface area contributed by atoms with Gasteiger partial charge in [0.05, 0.1) is 17.9 Å². The van der Waals surface area contributed by atoms with Crippen LogP contribution in [0.4, 0.5) is 11.6 Å². The number of anilines is 1. The van der Waals surface area contributed by atoms with Crippen molar-refractivity contribution >= 4 is 17.3 Å². The van der Waals surface area contributed by atoms with E-state index in [0.29, 0.717) is 37.5 Å². The second-order valence-corrected chi connectivity index (χ2v) is 7.23. The molecule has 4 rings (SSSR count). The van der Waals surface area contributed by atoms with Crippen LogP contribution in [0.15, 0.2) is 32.9 Å². The van der Waals surface area contributed by atoms with E-state index in [1.54, 1.807) is 17.9 Å². The summed E-state index contributed by atoms with van der Waals surface area (Å²) in [6, 6.07) is 3.88.